The first-order valence-electron chi connectivity index (χ1n) is 31.0. The predicted octanol–water partition coefficient (Wildman–Crippen LogP) is -3.30. The summed E-state index contributed by atoms with van der Waals surface area (Å²) in [5.41, 5.74) is 6.97. The molecule has 99 heavy (non-hydrogen) atoms. The number of benzene rings is 3. The van der Waals surface area contributed by atoms with Crippen LogP contribution in [0.25, 0.3) is 10.9 Å². The highest BCUT2D eigenvalue weighted by Crippen LogP contribution is 2.21. The molecular formula is C62H83N13O22S2. The summed E-state index contributed by atoms with van der Waals surface area (Å²) in [6, 6.07) is 4.18. The largest absolute Gasteiger partial charge is 0.481 e. The third-order valence-corrected chi connectivity index (χ3v) is 15.8. The fourth-order valence-corrected chi connectivity index (χ4v) is 10.6. The summed E-state index contributed by atoms with van der Waals surface area (Å²) < 4.78 is 36.3. The molecule has 1 aliphatic rings. The zero-order valence-corrected chi connectivity index (χ0v) is 56.0. The molecule has 37 heteroatoms. The first-order chi connectivity index (χ1) is 46.8. The van der Waals surface area contributed by atoms with Gasteiger partial charge in [0.05, 0.1) is 25.5 Å². The van der Waals surface area contributed by atoms with Gasteiger partial charge in [0, 0.05) is 49.2 Å². The molecule has 0 unspecified atom stereocenters. The Balaban J connectivity index is 0.00000401. The number of aromatic amines is 1. The molecule has 2 heterocycles. The van der Waals surface area contributed by atoms with E-state index in [1.54, 1.807) is 67.0 Å². The van der Waals surface area contributed by atoms with Gasteiger partial charge in [-0.1, -0.05) is 74.5 Å². The number of carbonyl (C=O) groups is 14. The van der Waals surface area contributed by atoms with Crippen molar-refractivity contribution in [3.63, 3.8) is 0 Å². The minimum absolute atomic E-state index is 0.0245. The maximum atomic E-state index is 14.4. The lowest BCUT2D eigenvalue weighted by atomic mass is 10.0. The number of carboxylic acids is 3. The standard InChI is InChI=1S/C58H72N12O22S2.C4H11N/c1-29(71)49(70-56(85)39(22-31-12-14-33(15-13-31)92-94(89,90)91)66-54(83)41(25-47(75)76)67-51(80)37(16-18-44(59)72)64-50(79)36-17-19-45(73)62-36)57(86)61-28-46(74)63-40(24-32-27-60-35-11-7-6-10-34(32)35)53(82)65-38(20-21-93-2)52(81)68-42(26-48(77)78)55(84)69-43(58(87)88)23-30-8-4-3-5-9-30;1-3-5-4-2/h3-15,27,29,36-43,49,60,71H,16-26,28H2,1-2H3,(H2,59,72)(H,61,86)(H,62,73)(H,63,74)(H,64,79)(H,65,82)(H,66,83)(H,67,80)(H,68,81)(H,69,84)(H,70,85)(H,75,76)(H,77,78)(H,87,88)(H,89,90,91);5H,3-4H2,1-2H3/t29-,36+,37+,38+,39+,40+,41+,42+,43+,49+;/m1./s1. The van der Waals surface area contributed by atoms with Crippen molar-refractivity contribution in [1.82, 2.24) is 63.5 Å². The Labute approximate surface area is 572 Å². The number of aliphatic hydroxyl groups excluding tert-OH is 1. The van der Waals surface area contributed by atoms with Crippen LogP contribution in [0.4, 0.5) is 0 Å². The van der Waals surface area contributed by atoms with Crippen LogP contribution in [0, 0.1) is 0 Å². The monoisotopic (exact) mass is 1430 g/mol. The molecule has 3 aromatic carbocycles. The molecule has 0 spiro atoms. The minimum Gasteiger partial charge on any atom is -0.481 e. The van der Waals surface area contributed by atoms with Gasteiger partial charge < -0.3 is 93.8 Å². The average Bonchev–Trinajstić information content (AvgIpc) is 1.74. The molecule has 1 aliphatic heterocycles. The van der Waals surface area contributed by atoms with Gasteiger partial charge in [0.2, 0.25) is 65.0 Å². The average molecular weight is 1430 g/mol. The predicted molar refractivity (Wildman–Crippen MR) is 354 cm³/mol. The number of aromatic nitrogens is 1. The normalized spacial score (nSPS) is 15.3. The number of thioether (sulfide) groups is 1. The molecule has 5 rings (SSSR count). The van der Waals surface area contributed by atoms with Crippen molar-refractivity contribution in [3.05, 3.63) is 102 Å². The molecule has 4 aromatic rings. The zero-order chi connectivity index (χ0) is 73.5. The maximum Gasteiger partial charge on any atom is 0.446 e. The lowest BCUT2D eigenvalue weighted by Gasteiger charge is -2.27. The second kappa shape index (κ2) is 40.5. The van der Waals surface area contributed by atoms with Crippen LogP contribution in [0.3, 0.4) is 0 Å². The van der Waals surface area contributed by atoms with Gasteiger partial charge in [0.25, 0.3) is 0 Å². The summed E-state index contributed by atoms with van der Waals surface area (Å²) in [7, 11) is -5.02. The second-order valence-corrected chi connectivity index (χ2v) is 24.5. The van der Waals surface area contributed by atoms with E-state index in [0.717, 1.165) is 44.3 Å². The number of nitrogens with one attached hydrogen (secondary N) is 12. The van der Waals surface area contributed by atoms with Crippen molar-refractivity contribution in [2.45, 2.75) is 145 Å². The quantitative estimate of drug-likeness (QED) is 0.0194. The SMILES string of the molecule is CCNCC.CSCC[C@H](NC(=O)[C@H](Cc1c[nH]c2ccccc12)NC(=O)CNC(=O)[C@@H](NC(=O)[C@H](Cc1ccc(OS(=O)(=O)O)cc1)NC(=O)[C@H](CC(=O)O)NC(=O)[C@H](CCC(N)=O)NC(=O)[C@@H]1CCC(=O)N1)[C@@H](C)O)C(=O)N[C@@H](CC(=O)O)C(=O)N[C@@H](Cc1ccccc1)C(=O)O. The molecule has 0 aliphatic carbocycles. The van der Waals surface area contributed by atoms with Crippen LogP contribution in [0.1, 0.15) is 82.4 Å². The minimum atomic E-state index is -5.02. The summed E-state index contributed by atoms with van der Waals surface area (Å²) in [6.45, 7) is 6.45. The Hall–Kier alpha value is -10.2. The lowest BCUT2D eigenvalue weighted by Crippen LogP contribution is -2.61. The van der Waals surface area contributed by atoms with Crippen molar-refractivity contribution < 1.29 is 105 Å². The summed E-state index contributed by atoms with van der Waals surface area (Å²) in [6.07, 6.45) is -2.96. The molecule has 540 valence electrons. The van der Waals surface area contributed by atoms with Crippen LogP contribution in [-0.4, -0.2) is 213 Å². The van der Waals surface area contributed by atoms with Crippen molar-refractivity contribution in [2.24, 2.45) is 5.73 Å². The van der Waals surface area contributed by atoms with E-state index < -0.39 is 198 Å². The number of H-pyrrole nitrogens is 1. The molecular weight excluding hydrogens is 1340 g/mol. The number of para-hydroxylation sites is 1. The fourth-order valence-electron chi connectivity index (χ4n) is 9.73. The van der Waals surface area contributed by atoms with Gasteiger partial charge in [-0.2, -0.15) is 20.2 Å². The van der Waals surface area contributed by atoms with E-state index >= 15 is 0 Å². The molecule has 11 amide bonds. The highest BCUT2D eigenvalue weighted by atomic mass is 32.3. The summed E-state index contributed by atoms with van der Waals surface area (Å²) in [4.78, 5) is 188. The molecule has 0 bridgehead atoms. The lowest BCUT2D eigenvalue weighted by molar-refractivity contribution is -0.144. The van der Waals surface area contributed by atoms with Gasteiger partial charge in [0.1, 0.15) is 60.1 Å². The van der Waals surface area contributed by atoms with E-state index in [1.165, 1.54) is 11.8 Å². The van der Waals surface area contributed by atoms with Gasteiger partial charge in [-0.3, -0.25) is 66.9 Å². The summed E-state index contributed by atoms with van der Waals surface area (Å²) >= 11 is 1.24. The molecule has 0 radical (unpaired) electrons. The van der Waals surface area contributed by atoms with E-state index in [2.05, 4.69) is 81.5 Å². The molecule has 35 nitrogen and oxygen atoms in total. The number of nitrogens with two attached hydrogens (primary N) is 1. The van der Waals surface area contributed by atoms with Gasteiger partial charge >= 0.3 is 28.3 Å². The Kier molecular flexibility index (Phi) is 33.2. The molecule has 1 fully saturated rings. The second-order valence-electron chi connectivity index (χ2n) is 22.5. The number of carbonyl (C=O) groups excluding carboxylic acids is 11. The third kappa shape index (κ3) is 28.8. The highest BCUT2D eigenvalue weighted by Gasteiger charge is 2.37. The first kappa shape index (κ1) is 81.2. The molecule has 1 saturated heterocycles. The van der Waals surface area contributed by atoms with Crippen molar-refractivity contribution in [2.75, 3.05) is 31.6 Å². The van der Waals surface area contributed by atoms with Crippen LogP contribution in [0.2, 0.25) is 0 Å². The molecule has 1 aromatic heterocycles. The molecule has 10 atom stereocenters. The Morgan fingerprint density at radius 2 is 1.13 bits per heavy atom. The summed E-state index contributed by atoms with van der Waals surface area (Å²) in [5.74, 6) is -16.6. The van der Waals surface area contributed by atoms with Crippen LogP contribution in [-0.2, 0) is 96.8 Å². The van der Waals surface area contributed by atoms with Crippen molar-refractivity contribution >= 4 is 116 Å². The van der Waals surface area contributed by atoms with Gasteiger partial charge in [-0.05, 0) is 86.2 Å². The summed E-state index contributed by atoms with van der Waals surface area (Å²) in [5, 5.41) is 67.4. The van der Waals surface area contributed by atoms with Crippen LogP contribution < -0.4 is 68.4 Å². The van der Waals surface area contributed by atoms with E-state index in [0.29, 0.717) is 22.0 Å². The van der Waals surface area contributed by atoms with E-state index in [1.807, 2.05) is 0 Å². The van der Waals surface area contributed by atoms with Crippen LogP contribution in [0.5, 0.6) is 5.75 Å². The third-order valence-electron chi connectivity index (χ3n) is 14.7. The van der Waals surface area contributed by atoms with Gasteiger partial charge in [-0.15, -0.1) is 0 Å². The number of fused-ring (bicyclic) bond motifs is 1. The van der Waals surface area contributed by atoms with E-state index in [9.17, 15) is 96.0 Å². The molecule has 0 saturated carbocycles. The number of hydrogen-bond donors (Lipinski definition) is 18. The zero-order valence-electron chi connectivity index (χ0n) is 54.3. The maximum absolute atomic E-state index is 14.4. The Morgan fingerprint density at radius 1 is 0.626 bits per heavy atom. The number of hydrogen-bond acceptors (Lipinski definition) is 20. The number of carboxylic acid groups (broad SMARTS) is 3. The molecule has 19 N–H and O–H groups in total. The topological polar surface area (TPSA) is 558 Å². The Morgan fingerprint density at radius 3 is 1.66 bits per heavy atom. The van der Waals surface area contributed by atoms with E-state index in [-0.39, 0.29) is 43.4 Å². The number of rotatable bonds is 40. The number of aliphatic carboxylic acids is 3. The van der Waals surface area contributed by atoms with Gasteiger partial charge in [-0.25, -0.2) is 4.79 Å². The number of aliphatic hydroxyl groups is 1. The van der Waals surface area contributed by atoms with Crippen molar-refractivity contribution in [3.8, 4) is 5.75 Å². The highest BCUT2D eigenvalue weighted by molar-refractivity contribution is 7.98. The number of primary amides is 1. The van der Waals surface area contributed by atoms with Crippen LogP contribution >= 0.6 is 11.8 Å². The van der Waals surface area contributed by atoms with Crippen LogP contribution in [0.15, 0.2) is 85.1 Å². The fraction of sp³-hybridized carbons (Fsp3) is 0.452. The van der Waals surface area contributed by atoms with Crippen molar-refractivity contribution in [1.29, 1.82) is 0 Å². The smallest absolute Gasteiger partial charge is 0.446 e. The Bertz CT molecular complexity index is 3620. The van der Waals surface area contributed by atoms with Gasteiger partial charge in [0.15, 0.2) is 0 Å². The van der Waals surface area contributed by atoms with E-state index in [4.69, 9.17) is 10.3 Å². The number of amides is 11. The first-order valence-corrected chi connectivity index (χ1v) is 33.7.